The van der Waals surface area contributed by atoms with Crippen molar-refractivity contribution in [2.24, 2.45) is 5.41 Å². The van der Waals surface area contributed by atoms with Crippen molar-refractivity contribution in [3.63, 3.8) is 0 Å². The van der Waals surface area contributed by atoms with E-state index in [0.29, 0.717) is 13.0 Å². The summed E-state index contributed by atoms with van der Waals surface area (Å²) in [6.07, 6.45) is 10.5. The second kappa shape index (κ2) is 8.19. The van der Waals surface area contributed by atoms with Crippen LogP contribution in [0.25, 0.3) is 0 Å². The molecule has 2 aliphatic rings. The molecular formula is C21H30N2O3. The fourth-order valence-electron chi connectivity index (χ4n) is 4.86. The normalized spacial score (nSPS) is 26.9. The maximum absolute atomic E-state index is 12.9. The molecule has 0 N–H and O–H groups in total. The van der Waals surface area contributed by atoms with Crippen LogP contribution in [0.5, 0.6) is 0 Å². The lowest BCUT2D eigenvalue weighted by atomic mass is 9.72. The van der Waals surface area contributed by atoms with Gasteiger partial charge in [0.25, 0.3) is 0 Å². The zero-order valence-corrected chi connectivity index (χ0v) is 15.9. The number of nitrogens with zero attached hydrogens (tertiary/aromatic N) is 2. The number of ether oxygens (including phenoxy) is 1. The molecule has 1 amide bonds. The van der Waals surface area contributed by atoms with Gasteiger partial charge < -0.3 is 9.64 Å². The Morgan fingerprint density at radius 3 is 2.85 bits per heavy atom. The monoisotopic (exact) mass is 358 g/mol. The van der Waals surface area contributed by atoms with Crippen molar-refractivity contribution in [2.45, 2.75) is 77.3 Å². The number of unbranched alkanes of at least 4 members (excludes halogenated alkanes) is 1. The first kappa shape index (κ1) is 18.9. The summed E-state index contributed by atoms with van der Waals surface area (Å²) >= 11 is 0. The van der Waals surface area contributed by atoms with Crippen LogP contribution in [0.2, 0.25) is 0 Å². The molecule has 0 unspecified atom stereocenters. The Labute approximate surface area is 156 Å². The first-order valence-electron chi connectivity index (χ1n) is 9.99. The minimum Gasteiger partial charge on any atom is -0.466 e. The summed E-state index contributed by atoms with van der Waals surface area (Å²) in [5.74, 6) is 0.104. The molecule has 0 aliphatic carbocycles. The Hall–Kier alpha value is -1.91. The molecule has 2 saturated heterocycles. The van der Waals surface area contributed by atoms with E-state index < -0.39 is 5.41 Å². The van der Waals surface area contributed by atoms with Crippen LogP contribution < -0.4 is 0 Å². The van der Waals surface area contributed by atoms with Crippen LogP contribution in [0, 0.1) is 5.41 Å². The van der Waals surface area contributed by atoms with E-state index in [9.17, 15) is 9.59 Å². The third kappa shape index (κ3) is 3.49. The summed E-state index contributed by atoms with van der Waals surface area (Å²) in [5.41, 5.74) is 0.734. The topological polar surface area (TPSA) is 59.5 Å². The first-order chi connectivity index (χ1) is 12.6. The number of hydrogen-bond donors (Lipinski definition) is 0. The zero-order valence-electron chi connectivity index (χ0n) is 15.9. The van der Waals surface area contributed by atoms with E-state index in [1.54, 1.807) is 6.20 Å². The predicted molar refractivity (Wildman–Crippen MR) is 99.4 cm³/mol. The summed E-state index contributed by atoms with van der Waals surface area (Å²) in [6, 6.07) is 4.27. The number of carbonyl (C=O) groups is 2. The maximum atomic E-state index is 12.9. The van der Waals surface area contributed by atoms with Gasteiger partial charge >= 0.3 is 5.97 Å². The van der Waals surface area contributed by atoms with Gasteiger partial charge in [-0.1, -0.05) is 13.0 Å². The third-order valence-electron chi connectivity index (χ3n) is 6.17. The predicted octanol–water partition coefficient (Wildman–Crippen LogP) is 3.52. The van der Waals surface area contributed by atoms with Gasteiger partial charge in [-0.25, -0.2) is 0 Å². The SMILES string of the molecule is CCOC(=O)[C@@]1(CC)C[C@H]2CC[C@@H]1N2C(=O)CCCCc1cccnc1. The molecule has 2 bridgehead atoms. The summed E-state index contributed by atoms with van der Waals surface area (Å²) in [6.45, 7) is 4.30. The highest BCUT2D eigenvalue weighted by molar-refractivity contribution is 5.83. The highest BCUT2D eigenvalue weighted by Crippen LogP contribution is 2.52. The van der Waals surface area contributed by atoms with Gasteiger partial charge in [-0.05, 0) is 63.5 Å². The fraction of sp³-hybridized carbons (Fsp3) is 0.667. The minimum atomic E-state index is -0.482. The molecule has 2 fully saturated rings. The van der Waals surface area contributed by atoms with Gasteiger partial charge in [0.15, 0.2) is 0 Å². The van der Waals surface area contributed by atoms with Gasteiger partial charge in [0, 0.05) is 30.9 Å². The number of fused-ring (bicyclic) bond motifs is 2. The number of amides is 1. The van der Waals surface area contributed by atoms with E-state index in [-0.39, 0.29) is 24.0 Å². The molecule has 26 heavy (non-hydrogen) atoms. The summed E-state index contributed by atoms with van der Waals surface area (Å²) in [5, 5.41) is 0. The number of esters is 1. The summed E-state index contributed by atoms with van der Waals surface area (Å²) in [4.78, 5) is 31.6. The van der Waals surface area contributed by atoms with E-state index in [2.05, 4.69) is 11.1 Å². The van der Waals surface area contributed by atoms with Crippen molar-refractivity contribution in [2.75, 3.05) is 6.61 Å². The summed E-state index contributed by atoms with van der Waals surface area (Å²) < 4.78 is 5.37. The Bertz CT molecular complexity index is 633. The van der Waals surface area contributed by atoms with Gasteiger partial charge in [0.05, 0.1) is 12.0 Å². The number of aryl methyl sites for hydroxylation is 1. The van der Waals surface area contributed by atoms with Crippen molar-refractivity contribution in [3.8, 4) is 0 Å². The quantitative estimate of drug-likeness (QED) is 0.527. The van der Waals surface area contributed by atoms with E-state index in [0.717, 1.165) is 44.9 Å². The average molecular weight is 358 g/mol. The standard InChI is InChI=1S/C21H30N2O3/c1-3-21(20(25)26-4-2)14-17-11-12-18(21)23(17)19(24)10-6-5-8-16-9-7-13-22-15-16/h7,9,13,15,17-18H,3-6,8,10-12,14H2,1-2H3/t17-,18+,21+/m1/s1. The highest BCUT2D eigenvalue weighted by atomic mass is 16.5. The molecule has 142 valence electrons. The first-order valence-corrected chi connectivity index (χ1v) is 9.99. The Morgan fingerprint density at radius 2 is 2.15 bits per heavy atom. The number of rotatable bonds is 8. The van der Waals surface area contributed by atoms with Crippen molar-refractivity contribution >= 4 is 11.9 Å². The van der Waals surface area contributed by atoms with Crippen LogP contribution in [0.3, 0.4) is 0 Å². The largest absolute Gasteiger partial charge is 0.466 e. The van der Waals surface area contributed by atoms with Gasteiger partial charge in [-0.15, -0.1) is 0 Å². The molecule has 2 aliphatic heterocycles. The van der Waals surface area contributed by atoms with E-state index in [4.69, 9.17) is 4.74 Å². The molecular weight excluding hydrogens is 328 g/mol. The van der Waals surface area contributed by atoms with Crippen molar-refractivity contribution < 1.29 is 14.3 Å². The second-order valence-electron chi connectivity index (χ2n) is 7.55. The lowest BCUT2D eigenvalue weighted by Crippen LogP contribution is -2.45. The molecule has 3 atom stereocenters. The smallest absolute Gasteiger partial charge is 0.314 e. The van der Waals surface area contributed by atoms with Crippen LogP contribution >= 0.6 is 0 Å². The van der Waals surface area contributed by atoms with Crippen LogP contribution in [-0.2, 0) is 20.7 Å². The molecule has 0 radical (unpaired) electrons. The third-order valence-corrected chi connectivity index (χ3v) is 6.17. The number of carbonyl (C=O) groups excluding carboxylic acids is 2. The Morgan fingerprint density at radius 1 is 1.31 bits per heavy atom. The average Bonchev–Trinajstić information content (AvgIpc) is 3.22. The Kier molecular flexibility index (Phi) is 5.94. The molecule has 5 heteroatoms. The van der Waals surface area contributed by atoms with Crippen LogP contribution in [0.15, 0.2) is 24.5 Å². The molecule has 1 aromatic heterocycles. The number of pyridine rings is 1. The number of hydrogen-bond acceptors (Lipinski definition) is 4. The molecule has 3 rings (SSSR count). The van der Waals surface area contributed by atoms with Crippen molar-refractivity contribution in [1.29, 1.82) is 0 Å². The van der Waals surface area contributed by atoms with Gasteiger partial charge in [-0.2, -0.15) is 0 Å². The fourth-order valence-corrected chi connectivity index (χ4v) is 4.86. The Balaban J connectivity index is 1.55. The zero-order chi connectivity index (χ0) is 18.6. The van der Waals surface area contributed by atoms with Crippen LogP contribution in [-0.4, -0.2) is 40.5 Å². The van der Waals surface area contributed by atoms with Gasteiger partial charge in [0.1, 0.15) is 0 Å². The highest BCUT2D eigenvalue weighted by Gasteiger charge is 2.60. The molecule has 3 heterocycles. The lowest BCUT2D eigenvalue weighted by molar-refractivity contribution is -0.158. The number of aromatic nitrogens is 1. The van der Waals surface area contributed by atoms with Crippen LogP contribution in [0.1, 0.15) is 64.4 Å². The van der Waals surface area contributed by atoms with Gasteiger partial charge in [0.2, 0.25) is 5.91 Å². The summed E-state index contributed by atoms with van der Waals surface area (Å²) in [7, 11) is 0. The van der Waals surface area contributed by atoms with E-state index >= 15 is 0 Å². The lowest BCUT2D eigenvalue weighted by Gasteiger charge is -2.34. The molecule has 0 aromatic carbocycles. The maximum Gasteiger partial charge on any atom is 0.314 e. The molecule has 0 saturated carbocycles. The van der Waals surface area contributed by atoms with Crippen molar-refractivity contribution in [3.05, 3.63) is 30.1 Å². The van der Waals surface area contributed by atoms with E-state index in [1.165, 1.54) is 5.56 Å². The minimum absolute atomic E-state index is 0.0300. The second-order valence-corrected chi connectivity index (χ2v) is 7.55. The molecule has 5 nitrogen and oxygen atoms in total. The van der Waals surface area contributed by atoms with Gasteiger partial charge in [-0.3, -0.25) is 14.6 Å². The molecule has 1 aromatic rings. The molecule has 0 spiro atoms. The van der Waals surface area contributed by atoms with E-state index in [1.807, 2.05) is 31.0 Å². The van der Waals surface area contributed by atoms with Crippen molar-refractivity contribution in [1.82, 2.24) is 9.88 Å². The van der Waals surface area contributed by atoms with Crippen LogP contribution in [0.4, 0.5) is 0 Å².